The van der Waals surface area contributed by atoms with Crippen LogP contribution < -0.4 is 5.32 Å². The molecule has 5 nitrogen and oxygen atoms in total. The van der Waals surface area contributed by atoms with Crippen LogP contribution in [0.15, 0.2) is 6.20 Å². The van der Waals surface area contributed by atoms with Gasteiger partial charge in [0.15, 0.2) is 0 Å². The summed E-state index contributed by atoms with van der Waals surface area (Å²) >= 11 is 0. The number of carbonyl (C=O) groups is 1. The summed E-state index contributed by atoms with van der Waals surface area (Å²) in [6.07, 6.45) is 5.65. The Morgan fingerprint density at radius 1 is 1.42 bits per heavy atom. The van der Waals surface area contributed by atoms with Crippen LogP contribution in [0.5, 0.6) is 0 Å². The number of hydrogen-bond acceptors (Lipinski definition) is 4. The van der Waals surface area contributed by atoms with Crippen molar-refractivity contribution < 1.29 is 9.90 Å². The van der Waals surface area contributed by atoms with Crippen LogP contribution in [0.2, 0.25) is 0 Å². The average Bonchev–Trinajstić information content (AvgIpc) is 2.40. The Bertz CT molecular complexity index is 462. The summed E-state index contributed by atoms with van der Waals surface area (Å²) in [6, 6.07) is 0. The molecule has 0 bridgehead atoms. The lowest BCUT2D eigenvalue weighted by Crippen LogP contribution is -2.32. The van der Waals surface area contributed by atoms with Gasteiger partial charge in [0.25, 0.3) is 0 Å². The Balaban J connectivity index is 2.00. The lowest BCUT2D eigenvalue weighted by atomic mass is 9.79. The van der Waals surface area contributed by atoms with E-state index in [0.29, 0.717) is 6.54 Å². The second-order valence-electron chi connectivity index (χ2n) is 5.32. The number of carboxylic acid groups (broad SMARTS) is 1. The Morgan fingerprint density at radius 2 is 2.16 bits per heavy atom. The van der Waals surface area contributed by atoms with Crippen molar-refractivity contribution in [2.24, 2.45) is 11.8 Å². The Hall–Kier alpha value is -1.65. The third kappa shape index (κ3) is 3.43. The monoisotopic (exact) mass is 263 g/mol. The highest BCUT2D eigenvalue weighted by Gasteiger charge is 2.30. The van der Waals surface area contributed by atoms with E-state index in [1.165, 1.54) is 0 Å². The fourth-order valence-corrected chi connectivity index (χ4v) is 2.71. The van der Waals surface area contributed by atoms with Crippen LogP contribution in [0.3, 0.4) is 0 Å². The highest BCUT2D eigenvalue weighted by molar-refractivity contribution is 5.70. The highest BCUT2D eigenvalue weighted by atomic mass is 16.4. The van der Waals surface area contributed by atoms with E-state index in [4.69, 9.17) is 0 Å². The molecule has 0 amide bonds. The van der Waals surface area contributed by atoms with E-state index in [9.17, 15) is 9.90 Å². The van der Waals surface area contributed by atoms with Crippen LogP contribution in [-0.2, 0) is 4.79 Å². The normalized spacial score (nSPS) is 23.1. The quantitative estimate of drug-likeness (QED) is 0.872. The molecular formula is C14H21N3O2. The van der Waals surface area contributed by atoms with Gasteiger partial charge in [-0.25, -0.2) is 4.98 Å². The first-order chi connectivity index (χ1) is 9.08. The number of aliphatic carboxylic acids is 1. The lowest BCUT2D eigenvalue weighted by molar-refractivity contribution is -0.144. The van der Waals surface area contributed by atoms with Crippen molar-refractivity contribution in [2.75, 3.05) is 11.9 Å². The summed E-state index contributed by atoms with van der Waals surface area (Å²) in [7, 11) is 0. The van der Waals surface area contributed by atoms with Gasteiger partial charge >= 0.3 is 5.97 Å². The molecule has 1 aliphatic carbocycles. The molecule has 2 atom stereocenters. The zero-order chi connectivity index (χ0) is 13.8. The number of nitrogens with zero attached hydrogens (tertiary/aromatic N) is 2. The summed E-state index contributed by atoms with van der Waals surface area (Å²) in [4.78, 5) is 19.9. The molecule has 5 heteroatoms. The molecule has 0 radical (unpaired) electrons. The lowest BCUT2D eigenvalue weighted by Gasteiger charge is -2.28. The van der Waals surface area contributed by atoms with Gasteiger partial charge in [-0.1, -0.05) is 12.8 Å². The predicted octanol–water partition coefficient (Wildman–Crippen LogP) is 2.40. The van der Waals surface area contributed by atoms with Gasteiger partial charge in [0, 0.05) is 12.7 Å². The predicted molar refractivity (Wildman–Crippen MR) is 73.1 cm³/mol. The van der Waals surface area contributed by atoms with Crippen molar-refractivity contribution in [1.82, 2.24) is 9.97 Å². The van der Waals surface area contributed by atoms with E-state index in [-0.39, 0.29) is 11.8 Å². The molecule has 1 aliphatic rings. The number of aromatic nitrogens is 2. The van der Waals surface area contributed by atoms with E-state index in [0.717, 1.165) is 42.9 Å². The van der Waals surface area contributed by atoms with Crippen molar-refractivity contribution in [3.63, 3.8) is 0 Å². The van der Waals surface area contributed by atoms with Crippen LogP contribution >= 0.6 is 0 Å². The largest absolute Gasteiger partial charge is 0.481 e. The molecule has 1 fully saturated rings. The van der Waals surface area contributed by atoms with Gasteiger partial charge in [-0.3, -0.25) is 9.78 Å². The van der Waals surface area contributed by atoms with Gasteiger partial charge in [-0.15, -0.1) is 0 Å². The van der Waals surface area contributed by atoms with E-state index >= 15 is 0 Å². The number of nitrogens with one attached hydrogen (secondary N) is 1. The first-order valence-electron chi connectivity index (χ1n) is 6.85. The van der Waals surface area contributed by atoms with E-state index in [1.54, 1.807) is 6.20 Å². The maximum absolute atomic E-state index is 11.2. The van der Waals surface area contributed by atoms with Crippen LogP contribution in [0.1, 0.15) is 37.1 Å². The molecular weight excluding hydrogens is 242 g/mol. The van der Waals surface area contributed by atoms with Crippen molar-refractivity contribution in [1.29, 1.82) is 0 Å². The van der Waals surface area contributed by atoms with E-state index in [1.807, 2.05) is 13.8 Å². The van der Waals surface area contributed by atoms with Gasteiger partial charge in [-0.05, 0) is 32.6 Å². The maximum atomic E-state index is 11.2. The minimum absolute atomic E-state index is 0.188. The maximum Gasteiger partial charge on any atom is 0.306 e. The first kappa shape index (κ1) is 13.8. The molecule has 0 saturated heterocycles. The average molecular weight is 263 g/mol. The van der Waals surface area contributed by atoms with Crippen LogP contribution in [-0.4, -0.2) is 27.6 Å². The van der Waals surface area contributed by atoms with Gasteiger partial charge in [0.2, 0.25) is 0 Å². The summed E-state index contributed by atoms with van der Waals surface area (Å²) in [5, 5.41) is 12.5. The molecule has 1 aromatic heterocycles. The number of aryl methyl sites for hydroxylation is 2. The molecule has 2 unspecified atom stereocenters. The smallest absolute Gasteiger partial charge is 0.306 e. The van der Waals surface area contributed by atoms with Crippen LogP contribution in [0, 0.1) is 25.7 Å². The summed E-state index contributed by atoms with van der Waals surface area (Å²) in [5.74, 6) is 0.0700. The van der Waals surface area contributed by atoms with Gasteiger partial charge in [0.05, 0.1) is 17.3 Å². The number of hydrogen-bond donors (Lipinski definition) is 2. The Morgan fingerprint density at radius 3 is 2.89 bits per heavy atom. The number of anilines is 1. The minimum atomic E-state index is -0.668. The molecule has 1 saturated carbocycles. The third-order valence-corrected chi connectivity index (χ3v) is 3.83. The second kappa shape index (κ2) is 5.99. The number of carboxylic acids is 1. The van der Waals surface area contributed by atoms with Crippen LogP contribution in [0.25, 0.3) is 0 Å². The molecule has 2 rings (SSSR count). The fraction of sp³-hybridized carbons (Fsp3) is 0.643. The van der Waals surface area contributed by atoms with E-state index < -0.39 is 5.97 Å². The van der Waals surface area contributed by atoms with Gasteiger partial charge in [0.1, 0.15) is 5.82 Å². The number of rotatable bonds is 4. The molecule has 0 aromatic carbocycles. The first-order valence-corrected chi connectivity index (χ1v) is 6.85. The second-order valence-corrected chi connectivity index (χ2v) is 5.32. The SMILES string of the molecule is Cc1cnc(C)c(NCC2CCCCC2C(=O)O)n1. The molecule has 0 aliphatic heterocycles. The van der Waals surface area contributed by atoms with Crippen molar-refractivity contribution in [3.05, 3.63) is 17.6 Å². The molecule has 0 spiro atoms. The van der Waals surface area contributed by atoms with Crippen LogP contribution in [0.4, 0.5) is 5.82 Å². The zero-order valence-electron chi connectivity index (χ0n) is 11.5. The molecule has 104 valence electrons. The molecule has 1 heterocycles. The van der Waals surface area contributed by atoms with E-state index in [2.05, 4.69) is 15.3 Å². The van der Waals surface area contributed by atoms with Crippen molar-refractivity contribution >= 4 is 11.8 Å². The molecule has 1 aromatic rings. The summed E-state index contributed by atoms with van der Waals surface area (Å²) in [6.45, 7) is 4.47. The summed E-state index contributed by atoms with van der Waals surface area (Å²) < 4.78 is 0. The third-order valence-electron chi connectivity index (χ3n) is 3.83. The summed E-state index contributed by atoms with van der Waals surface area (Å²) in [5.41, 5.74) is 1.72. The fourth-order valence-electron chi connectivity index (χ4n) is 2.71. The van der Waals surface area contributed by atoms with Crippen molar-refractivity contribution in [2.45, 2.75) is 39.5 Å². The zero-order valence-corrected chi connectivity index (χ0v) is 11.5. The standard InChI is InChI=1S/C14H21N3O2/c1-9-7-15-10(2)13(17-9)16-8-11-5-3-4-6-12(11)14(18)19/h7,11-12H,3-6,8H2,1-2H3,(H,16,17)(H,18,19). The topological polar surface area (TPSA) is 75.1 Å². The molecule has 19 heavy (non-hydrogen) atoms. The van der Waals surface area contributed by atoms with Crippen molar-refractivity contribution in [3.8, 4) is 0 Å². The molecule has 2 N–H and O–H groups in total. The highest BCUT2D eigenvalue weighted by Crippen LogP contribution is 2.30. The minimum Gasteiger partial charge on any atom is -0.481 e. The van der Waals surface area contributed by atoms with Gasteiger partial charge < -0.3 is 10.4 Å². The van der Waals surface area contributed by atoms with Gasteiger partial charge in [-0.2, -0.15) is 0 Å². The Labute approximate surface area is 113 Å². The Kier molecular flexibility index (Phi) is 4.35.